The highest BCUT2D eigenvalue weighted by Gasteiger charge is 2.16. The maximum atomic E-state index is 13.6. The van der Waals surface area contributed by atoms with Crippen molar-refractivity contribution in [2.45, 2.75) is 40.2 Å². The monoisotopic (exact) mass is 448 g/mol. The van der Waals surface area contributed by atoms with E-state index in [1.54, 1.807) is 12.1 Å². The minimum atomic E-state index is -0.240. The molecule has 0 radical (unpaired) electrons. The number of hydrogen-bond donors (Lipinski definition) is 1. The van der Waals surface area contributed by atoms with Crippen LogP contribution < -0.4 is 5.32 Å². The van der Waals surface area contributed by atoms with Gasteiger partial charge in [-0.05, 0) is 49.6 Å². The van der Waals surface area contributed by atoms with Gasteiger partial charge < -0.3 is 5.32 Å². The average Bonchev–Trinajstić information content (AvgIpc) is 3.33. The molecule has 0 aliphatic heterocycles. The van der Waals surface area contributed by atoms with Gasteiger partial charge in [-0.1, -0.05) is 36.4 Å². The zero-order chi connectivity index (χ0) is 22.7. The highest BCUT2D eigenvalue weighted by atomic mass is 32.1. The Balaban J connectivity index is 1.44. The van der Waals surface area contributed by atoms with E-state index in [9.17, 15) is 9.18 Å². The lowest BCUT2D eigenvalue weighted by Gasteiger charge is -2.07. The second-order valence-corrected chi connectivity index (χ2v) is 8.71. The molecule has 0 spiro atoms. The number of amides is 1. The Morgan fingerprint density at radius 2 is 1.94 bits per heavy atom. The molecule has 2 aromatic heterocycles. The SMILES string of the molecule is Cc1ccccc1CNC(=O)Cc1csc(-n2nc(C)c(Cc3cccc(F)c3)c2C)n1. The summed E-state index contributed by atoms with van der Waals surface area (Å²) < 4.78 is 15.4. The van der Waals surface area contributed by atoms with Gasteiger partial charge in [-0.2, -0.15) is 5.10 Å². The molecule has 0 bridgehead atoms. The molecular weight excluding hydrogens is 423 g/mol. The van der Waals surface area contributed by atoms with Crippen LogP contribution in [0.2, 0.25) is 0 Å². The number of carbonyl (C=O) groups excluding carboxylic acids is 1. The molecule has 1 amide bonds. The Kier molecular flexibility index (Phi) is 6.46. The number of rotatable bonds is 7. The van der Waals surface area contributed by atoms with E-state index in [2.05, 4.69) is 15.4 Å². The first-order valence-corrected chi connectivity index (χ1v) is 11.3. The fourth-order valence-corrected chi connectivity index (χ4v) is 4.50. The van der Waals surface area contributed by atoms with Crippen molar-refractivity contribution in [2.75, 3.05) is 0 Å². The zero-order valence-corrected chi connectivity index (χ0v) is 19.2. The van der Waals surface area contributed by atoms with Crippen molar-refractivity contribution < 1.29 is 9.18 Å². The molecule has 0 fully saturated rings. The van der Waals surface area contributed by atoms with E-state index >= 15 is 0 Å². The minimum absolute atomic E-state index is 0.0646. The fourth-order valence-electron chi connectivity index (χ4n) is 3.67. The van der Waals surface area contributed by atoms with Crippen LogP contribution in [-0.2, 0) is 24.2 Å². The molecule has 32 heavy (non-hydrogen) atoms. The van der Waals surface area contributed by atoms with Crippen molar-refractivity contribution in [2.24, 2.45) is 0 Å². The molecule has 0 saturated heterocycles. The molecule has 0 atom stereocenters. The summed E-state index contributed by atoms with van der Waals surface area (Å²) in [5.41, 5.74) is 6.79. The summed E-state index contributed by atoms with van der Waals surface area (Å²) in [6, 6.07) is 14.6. The minimum Gasteiger partial charge on any atom is -0.352 e. The van der Waals surface area contributed by atoms with Crippen molar-refractivity contribution in [3.63, 3.8) is 0 Å². The number of nitrogens with zero attached hydrogens (tertiary/aromatic N) is 3. The van der Waals surface area contributed by atoms with Gasteiger partial charge in [0, 0.05) is 29.6 Å². The molecule has 0 unspecified atom stereocenters. The van der Waals surface area contributed by atoms with Crippen LogP contribution in [0.3, 0.4) is 0 Å². The maximum Gasteiger partial charge on any atom is 0.226 e. The zero-order valence-electron chi connectivity index (χ0n) is 18.4. The van der Waals surface area contributed by atoms with Crippen LogP contribution in [0.5, 0.6) is 0 Å². The molecule has 4 rings (SSSR count). The van der Waals surface area contributed by atoms with Crippen molar-refractivity contribution in [3.05, 3.63) is 99.1 Å². The highest BCUT2D eigenvalue weighted by molar-refractivity contribution is 7.12. The first-order chi connectivity index (χ1) is 15.4. The molecule has 5 nitrogen and oxygen atoms in total. The molecule has 4 aromatic rings. The molecule has 2 heterocycles. The van der Waals surface area contributed by atoms with Crippen LogP contribution in [0, 0.1) is 26.6 Å². The van der Waals surface area contributed by atoms with Gasteiger partial charge in [-0.3, -0.25) is 4.79 Å². The quantitative estimate of drug-likeness (QED) is 0.440. The Bertz CT molecular complexity index is 1260. The van der Waals surface area contributed by atoms with Gasteiger partial charge in [0.05, 0.1) is 17.8 Å². The Morgan fingerprint density at radius 3 is 2.72 bits per heavy atom. The highest BCUT2D eigenvalue weighted by Crippen LogP contribution is 2.23. The Morgan fingerprint density at radius 1 is 1.12 bits per heavy atom. The lowest BCUT2D eigenvalue weighted by atomic mass is 10.0. The van der Waals surface area contributed by atoms with E-state index in [1.165, 1.54) is 17.4 Å². The molecule has 1 N–H and O–H groups in total. The Labute approximate surface area is 191 Å². The summed E-state index contributed by atoms with van der Waals surface area (Å²) in [7, 11) is 0. The summed E-state index contributed by atoms with van der Waals surface area (Å²) >= 11 is 1.46. The van der Waals surface area contributed by atoms with E-state index < -0.39 is 0 Å². The topological polar surface area (TPSA) is 59.8 Å². The normalized spacial score (nSPS) is 11.0. The number of carbonyl (C=O) groups is 1. The van der Waals surface area contributed by atoms with Crippen molar-refractivity contribution in [1.82, 2.24) is 20.1 Å². The van der Waals surface area contributed by atoms with E-state index in [0.29, 0.717) is 18.7 Å². The second-order valence-electron chi connectivity index (χ2n) is 7.87. The third-order valence-electron chi connectivity index (χ3n) is 5.51. The number of aryl methyl sites for hydroxylation is 2. The Hall–Kier alpha value is -3.32. The third-order valence-corrected chi connectivity index (χ3v) is 6.38. The maximum absolute atomic E-state index is 13.6. The predicted molar refractivity (Wildman–Crippen MR) is 125 cm³/mol. The molecule has 2 aromatic carbocycles. The number of thiazole rings is 1. The summed E-state index contributed by atoms with van der Waals surface area (Å²) in [4.78, 5) is 17.0. The van der Waals surface area contributed by atoms with Gasteiger partial charge in [0.15, 0.2) is 0 Å². The van der Waals surface area contributed by atoms with Crippen molar-refractivity contribution in [1.29, 1.82) is 0 Å². The van der Waals surface area contributed by atoms with E-state index in [4.69, 9.17) is 0 Å². The van der Waals surface area contributed by atoms with Crippen molar-refractivity contribution >= 4 is 17.2 Å². The number of aromatic nitrogens is 3. The van der Waals surface area contributed by atoms with E-state index in [0.717, 1.165) is 38.8 Å². The smallest absolute Gasteiger partial charge is 0.226 e. The fraction of sp³-hybridized carbons (Fsp3) is 0.240. The van der Waals surface area contributed by atoms with Gasteiger partial charge in [0.25, 0.3) is 0 Å². The van der Waals surface area contributed by atoms with Gasteiger partial charge in [0.2, 0.25) is 11.0 Å². The summed E-state index contributed by atoms with van der Waals surface area (Å²) in [5, 5.41) is 10.2. The molecule has 0 saturated carbocycles. The molecule has 164 valence electrons. The van der Waals surface area contributed by atoms with E-state index in [-0.39, 0.29) is 18.1 Å². The first kappa shape index (κ1) is 21.9. The summed E-state index contributed by atoms with van der Waals surface area (Å²) in [5.74, 6) is -0.305. The van der Waals surface area contributed by atoms with Crippen LogP contribution in [0.1, 0.15) is 39.3 Å². The summed E-state index contributed by atoms with van der Waals surface area (Å²) in [6.45, 7) is 6.48. The van der Waals surface area contributed by atoms with E-state index in [1.807, 2.05) is 61.2 Å². The van der Waals surface area contributed by atoms with Gasteiger partial charge >= 0.3 is 0 Å². The van der Waals surface area contributed by atoms with Crippen LogP contribution in [0.4, 0.5) is 4.39 Å². The van der Waals surface area contributed by atoms with Crippen LogP contribution in [0.15, 0.2) is 53.9 Å². The van der Waals surface area contributed by atoms with Crippen molar-refractivity contribution in [3.8, 4) is 5.13 Å². The molecule has 0 aliphatic carbocycles. The molecule has 7 heteroatoms. The van der Waals surface area contributed by atoms with Crippen LogP contribution in [0.25, 0.3) is 5.13 Å². The van der Waals surface area contributed by atoms with Crippen LogP contribution >= 0.6 is 11.3 Å². The molecular formula is C25H25FN4OS. The van der Waals surface area contributed by atoms with Gasteiger partial charge in [0.1, 0.15) is 5.82 Å². The average molecular weight is 449 g/mol. The van der Waals surface area contributed by atoms with Gasteiger partial charge in [-0.25, -0.2) is 14.1 Å². The third kappa shape index (κ3) is 4.94. The lowest BCUT2D eigenvalue weighted by molar-refractivity contribution is -0.120. The number of halogens is 1. The lowest BCUT2D eigenvalue weighted by Crippen LogP contribution is -2.25. The number of hydrogen-bond acceptors (Lipinski definition) is 4. The van der Waals surface area contributed by atoms with Gasteiger partial charge in [-0.15, -0.1) is 11.3 Å². The number of benzene rings is 2. The molecule has 0 aliphatic rings. The largest absolute Gasteiger partial charge is 0.352 e. The summed E-state index contributed by atoms with van der Waals surface area (Å²) in [6.07, 6.45) is 0.826. The standard InChI is InChI=1S/C25H25FN4OS/c1-16-7-4-5-9-20(16)14-27-24(31)13-22-15-32-25(28-22)30-18(3)23(17(2)29-30)12-19-8-6-10-21(26)11-19/h4-11,15H,12-14H2,1-3H3,(H,27,31). The number of nitrogens with one attached hydrogen (secondary N) is 1. The van der Waals surface area contributed by atoms with Crippen LogP contribution in [-0.4, -0.2) is 20.7 Å². The first-order valence-electron chi connectivity index (χ1n) is 10.5. The predicted octanol–water partition coefficient (Wildman–Crippen LogP) is 4.84. The second kappa shape index (κ2) is 9.44.